The third kappa shape index (κ3) is 4.88. The predicted molar refractivity (Wildman–Crippen MR) is 113 cm³/mol. The van der Waals surface area contributed by atoms with Crippen LogP contribution in [0.5, 0.6) is 0 Å². The summed E-state index contributed by atoms with van der Waals surface area (Å²) in [5, 5.41) is 11.8. The highest BCUT2D eigenvalue weighted by molar-refractivity contribution is 7.98. The van der Waals surface area contributed by atoms with Crippen LogP contribution in [0.2, 0.25) is 0 Å². The Bertz CT molecular complexity index is 1110. The summed E-state index contributed by atoms with van der Waals surface area (Å²) in [6.07, 6.45) is 0. The average molecular weight is 405 g/mol. The van der Waals surface area contributed by atoms with Crippen molar-refractivity contribution in [1.29, 1.82) is 0 Å². The largest absolute Gasteiger partial charge is 0.411 e. The first kappa shape index (κ1) is 18.9. The van der Waals surface area contributed by atoms with E-state index in [0.717, 1.165) is 11.3 Å². The van der Waals surface area contributed by atoms with Crippen LogP contribution in [0.1, 0.15) is 17.0 Å². The molecule has 0 radical (unpaired) electrons. The van der Waals surface area contributed by atoms with Crippen LogP contribution in [0.15, 0.2) is 58.2 Å². The topological polar surface area (TPSA) is 116 Å². The van der Waals surface area contributed by atoms with E-state index in [1.165, 1.54) is 22.9 Å². The molecule has 0 bridgehead atoms. The molecule has 0 amide bonds. The van der Waals surface area contributed by atoms with Gasteiger partial charge in [-0.25, -0.2) is 0 Å². The van der Waals surface area contributed by atoms with Gasteiger partial charge in [0.25, 0.3) is 5.22 Å². The van der Waals surface area contributed by atoms with E-state index in [1.54, 1.807) is 0 Å². The fourth-order valence-electron chi connectivity index (χ4n) is 2.53. The van der Waals surface area contributed by atoms with Gasteiger partial charge in [-0.15, -0.1) is 10.2 Å². The first-order valence-corrected chi connectivity index (χ1v) is 9.91. The highest BCUT2D eigenvalue weighted by Crippen LogP contribution is 2.25. The molecule has 0 spiro atoms. The number of aromatic nitrogens is 5. The van der Waals surface area contributed by atoms with Crippen molar-refractivity contribution in [3.05, 3.63) is 65.5 Å². The smallest absolute Gasteiger partial charge is 0.277 e. The molecule has 0 fully saturated rings. The fraction of sp³-hybridized carbons (Fsp3) is 0.150. The van der Waals surface area contributed by atoms with Gasteiger partial charge >= 0.3 is 0 Å². The number of nitrogens with one attached hydrogen (secondary N) is 1. The van der Waals surface area contributed by atoms with Crippen LogP contribution in [0, 0.1) is 13.8 Å². The number of hydrogen-bond acceptors (Lipinski definition) is 9. The zero-order chi connectivity index (χ0) is 20.2. The van der Waals surface area contributed by atoms with Gasteiger partial charge in [-0.2, -0.15) is 15.0 Å². The van der Waals surface area contributed by atoms with E-state index in [-0.39, 0.29) is 5.95 Å². The van der Waals surface area contributed by atoms with Gasteiger partial charge in [0.2, 0.25) is 17.8 Å². The van der Waals surface area contributed by atoms with Crippen molar-refractivity contribution in [2.24, 2.45) is 0 Å². The van der Waals surface area contributed by atoms with Crippen molar-refractivity contribution in [3.63, 3.8) is 0 Å². The molecule has 0 unspecified atom stereocenters. The van der Waals surface area contributed by atoms with E-state index in [0.29, 0.717) is 28.6 Å². The monoisotopic (exact) mass is 405 g/mol. The normalized spacial score (nSPS) is 10.8. The maximum absolute atomic E-state index is 5.84. The van der Waals surface area contributed by atoms with Gasteiger partial charge in [0.1, 0.15) is 5.82 Å². The lowest BCUT2D eigenvalue weighted by Crippen LogP contribution is -2.06. The second kappa shape index (κ2) is 8.27. The maximum Gasteiger partial charge on any atom is 0.277 e. The summed E-state index contributed by atoms with van der Waals surface area (Å²) in [6.45, 7) is 4.06. The molecule has 2 aromatic heterocycles. The Morgan fingerprint density at radius 1 is 0.897 bits per heavy atom. The molecule has 4 aromatic rings. The number of aryl methyl sites for hydroxylation is 2. The zero-order valence-corrected chi connectivity index (χ0v) is 16.8. The Morgan fingerprint density at radius 2 is 1.59 bits per heavy atom. The number of rotatable bonds is 6. The Hall–Kier alpha value is -3.46. The Morgan fingerprint density at radius 3 is 2.31 bits per heavy atom. The van der Waals surface area contributed by atoms with E-state index in [9.17, 15) is 0 Å². The highest BCUT2D eigenvalue weighted by Gasteiger charge is 2.11. The summed E-state index contributed by atoms with van der Waals surface area (Å²) in [5.41, 5.74) is 9.93. The lowest BCUT2D eigenvalue weighted by Gasteiger charge is -2.07. The van der Waals surface area contributed by atoms with Gasteiger partial charge in [-0.05, 0) is 38.1 Å². The zero-order valence-electron chi connectivity index (χ0n) is 16.0. The molecule has 0 aliphatic carbocycles. The maximum atomic E-state index is 5.84. The van der Waals surface area contributed by atoms with Crippen LogP contribution < -0.4 is 11.1 Å². The molecule has 0 aliphatic rings. The Labute approximate surface area is 172 Å². The van der Waals surface area contributed by atoms with Crippen molar-refractivity contribution >= 4 is 29.3 Å². The molecular formula is C20H19N7OS. The van der Waals surface area contributed by atoms with Crippen LogP contribution >= 0.6 is 11.8 Å². The van der Waals surface area contributed by atoms with Crippen molar-refractivity contribution in [2.75, 3.05) is 11.1 Å². The molecule has 2 heterocycles. The summed E-state index contributed by atoms with van der Waals surface area (Å²) < 4.78 is 5.72. The molecule has 0 saturated carbocycles. The van der Waals surface area contributed by atoms with Crippen molar-refractivity contribution in [2.45, 2.75) is 24.8 Å². The van der Waals surface area contributed by atoms with E-state index in [2.05, 4.69) is 30.5 Å². The molecule has 4 rings (SSSR count). The van der Waals surface area contributed by atoms with Crippen molar-refractivity contribution in [1.82, 2.24) is 25.1 Å². The van der Waals surface area contributed by atoms with Crippen LogP contribution in [0.3, 0.4) is 0 Å². The molecule has 146 valence electrons. The molecular weight excluding hydrogens is 386 g/mol. The van der Waals surface area contributed by atoms with Crippen LogP contribution in [-0.2, 0) is 5.75 Å². The van der Waals surface area contributed by atoms with Gasteiger partial charge in [0, 0.05) is 11.3 Å². The minimum absolute atomic E-state index is 0.149. The van der Waals surface area contributed by atoms with Gasteiger partial charge in [0.05, 0.1) is 5.75 Å². The number of anilines is 3. The fourth-order valence-corrected chi connectivity index (χ4v) is 3.15. The minimum atomic E-state index is 0.149. The summed E-state index contributed by atoms with van der Waals surface area (Å²) in [7, 11) is 0. The second-order valence-electron chi connectivity index (χ2n) is 6.45. The molecule has 8 nitrogen and oxygen atoms in total. The van der Waals surface area contributed by atoms with E-state index >= 15 is 0 Å². The SMILES string of the molecule is Cc1ccc(Nc2nc(N)nc(CSc3nnc(-c4ccc(C)cc4)o3)n2)cc1. The van der Waals surface area contributed by atoms with Crippen LogP contribution in [0.25, 0.3) is 11.5 Å². The van der Waals surface area contributed by atoms with Crippen LogP contribution in [-0.4, -0.2) is 25.1 Å². The number of thioether (sulfide) groups is 1. The number of nitrogen functional groups attached to an aromatic ring is 1. The Balaban J connectivity index is 1.44. The van der Waals surface area contributed by atoms with Gasteiger partial charge < -0.3 is 15.5 Å². The summed E-state index contributed by atoms with van der Waals surface area (Å²) in [5.74, 6) is 1.96. The summed E-state index contributed by atoms with van der Waals surface area (Å²) in [4.78, 5) is 12.7. The first-order chi connectivity index (χ1) is 14.0. The number of nitrogens with two attached hydrogens (primary N) is 1. The lowest BCUT2D eigenvalue weighted by molar-refractivity contribution is 0.465. The van der Waals surface area contributed by atoms with E-state index in [4.69, 9.17) is 10.2 Å². The van der Waals surface area contributed by atoms with Crippen LogP contribution in [0.4, 0.5) is 17.6 Å². The molecule has 0 aliphatic heterocycles. The highest BCUT2D eigenvalue weighted by atomic mass is 32.2. The third-order valence-corrected chi connectivity index (χ3v) is 4.85. The summed E-state index contributed by atoms with van der Waals surface area (Å²) in [6, 6.07) is 15.8. The molecule has 0 saturated heterocycles. The molecule has 9 heteroatoms. The minimum Gasteiger partial charge on any atom is -0.411 e. The number of hydrogen-bond donors (Lipinski definition) is 2. The standard InChI is InChI=1S/C20H19N7OS/c1-12-3-7-14(8-4-12)17-26-27-20(28-17)29-11-16-23-18(21)25-19(24-16)22-15-9-5-13(2)6-10-15/h3-10H,11H2,1-2H3,(H3,21,22,23,24,25). The lowest BCUT2D eigenvalue weighted by atomic mass is 10.1. The molecule has 29 heavy (non-hydrogen) atoms. The van der Waals surface area contributed by atoms with Gasteiger partial charge in [-0.1, -0.05) is 47.2 Å². The van der Waals surface area contributed by atoms with E-state index in [1.807, 2.05) is 62.4 Å². The predicted octanol–water partition coefficient (Wildman–Crippen LogP) is 4.16. The third-order valence-electron chi connectivity index (χ3n) is 4.04. The quantitative estimate of drug-likeness (QED) is 0.456. The van der Waals surface area contributed by atoms with Gasteiger partial charge in [-0.3, -0.25) is 0 Å². The molecule has 0 atom stereocenters. The average Bonchev–Trinajstić information content (AvgIpc) is 3.17. The Kier molecular flexibility index (Phi) is 5.39. The summed E-state index contributed by atoms with van der Waals surface area (Å²) >= 11 is 1.34. The van der Waals surface area contributed by atoms with Gasteiger partial charge in [0.15, 0.2) is 0 Å². The number of nitrogens with zero attached hydrogens (tertiary/aromatic N) is 5. The number of benzene rings is 2. The first-order valence-electron chi connectivity index (χ1n) is 8.92. The second-order valence-corrected chi connectivity index (χ2v) is 7.38. The molecule has 3 N–H and O–H groups in total. The van der Waals surface area contributed by atoms with E-state index < -0.39 is 0 Å². The van der Waals surface area contributed by atoms with Crippen molar-refractivity contribution < 1.29 is 4.42 Å². The van der Waals surface area contributed by atoms with Crippen molar-refractivity contribution in [3.8, 4) is 11.5 Å². The molecule has 2 aromatic carbocycles.